The molecule has 2 aliphatic carbocycles. The third-order valence-corrected chi connectivity index (χ3v) is 5.11. The van der Waals surface area contributed by atoms with E-state index in [2.05, 4.69) is 52.0 Å². The van der Waals surface area contributed by atoms with Gasteiger partial charge in [0.05, 0.1) is 0 Å². The van der Waals surface area contributed by atoms with Crippen LogP contribution in [-0.4, -0.2) is 5.78 Å². The Hall–Kier alpha value is -1.11. The van der Waals surface area contributed by atoms with E-state index in [9.17, 15) is 4.79 Å². The first-order valence-corrected chi connectivity index (χ1v) is 6.49. The fourth-order valence-corrected chi connectivity index (χ4v) is 4.30. The quantitative estimate of drug-likeness (QED) is 0.663. The van der Waals surface area contributed by atoms with Crippen LogP contribution in [0, 0.1) is 16.7 Å². The summed E-state index contributed by atoms with van der Waals surface area (Å²) in [6, 6.07) is 8.66. The zero-order valence-corrected chi connectivity index (χ0v) is 11.1. The fraction of sp³-hybridized carbons (Fsp3) is 0.562. The summed E-state index contributed by atoms with van der Waals surface area (Å²) in [5.41, 5.74) is 2.49. The Morgan fingerprint density at radius 3 is 2.41 bits per heavy atom. The van der Waals surface area contributed by atoms with Gasteiger partial charge in [-0.15, -0.1) is 0 Å². The molecule has 17 heavy (non-hydrogen) atoms. The van der Waals surface area contributed by atoms with Crippen LogP contribution in [0.15, 0.2) is 24.3 Å². The monoisotopic (exact) mass is 228 g/mol. The van der Waals surface area contributed by atoms with Crippen LogP contribution in [0.1, 0.15) is 44.7 Å². The first-order valence-electron chi connectivity index (χ1n) is 6.49. The first-order chi connectivity index (χ1) is 7.87. The van der Waals surface area contributed by atoms with Crippen molar-refractivity contribution in [3.63, 3.8) is 0 Å². The molecule has 1 nitrogen and oxygen atoms in total. The van der Waals surface area contributed by atoms with Crippen molar-refractivity contribution in [3.8, 4) is 0 Å². The van der Waals surface area contributed by atoms with Gasteiger partial charge in [-0.2, -0.15) is 0 Å². The Kier molecular flexibility index (Phi) is 1.95. The van der Waals surface area contributed by atoms with Crippen LogP contribution in [0.2, 0.25) is 0 Å². The molecular weight excluding hydrogens is 208 g/mol. The molecule has 1 fully saturated rings. The van der Waals surface area contributed by atoms with Crippen molar-refractivity contribution in [2.45, 2.75) is 40.0 Å². The summed E-state index contributed by atoms with van der Waals surface area (Å²) >= 11 is 0. The number of carbonyl (C=O) groups excluding carboxylic acids is 1. The van der Waals surface area contributed by atoms with Crippen molar-refractivity contribution in [3.05, 3.63) is 35.4 Å². The number of hydrogen-bond donors (Lipinski definition) is 0. The number of hydrogen-bond acceptors (Lipinski definition) is 1. The first kappa shape index (κ1) is 11.0. The van der Waals surface area contributed by atoms with Crippen molar-refractivity contribution in [1.82, 2.24) is 0 Å². The number of fused-ring (bicyclic) bond motifs is 3. The van der Waals surface area contributed by atoms with E-state index in [0.29, 0.717) is 17.6 Å². The van der Waals surface area contributed by atoms with Gasteiger partial charge < -0.3 is 0 Å². The molecule has 0 bridgehead atoms. The molecule has 0 spiro atoms. The summed E-state index contributed by atoms with van der Waals surface area (Å²) in [4.78, 5) is 12.6. The minimum Gasteiger partial charge on any atom is -0.298 e. The lowest BCUT2D eigenvalue weighted by Gasteiger charge is -2.25. The van der Waals surface area contributed by atoms with E-state index < -0.39 is 0 Å². The Morgan fingerprint density at radius 1 is 1.06 bits per heavy atom. The molecule has 0 amide bonds. The van der Waals surface area contributed by atoms with E-state index in [-0.39, 0.29) is 10.8 Å². The largest absolute Gasteiger partial charge is 0.298 e. The highest BCUT2D eigenvalue weighted by molar-refractivity contribution is 5.94. The molecule has 0 N–H and O–H groups in total. The molecule has 0 aliphatic heterocycles. The summed E-state index contributed by atoms with van der Waals surface area (Å²) in [5, 5.41) is 0. The van der Waals surface area contributed by atoms with Crippen molar-refractivity contribution in [2.24, 2.45) is 16.7 Å². The van der Waals surface area contributed by atoms with E-state index >= 15 is 0 Å². The Bertz CT molecular complexity index is 496. The van der Waals surface area contributed by atoms with Gasteiger partial charge in [0.1, 0.15) is 5.78 Å². The third kappa shape index (κ3) is 1.17. The number of ketones is 1. The molecule has 0 heterocycles. The third-order valence-electron chi connectivity index (χ3n) is 5.11. The molecule has 0 saturated heterocycles. The maximum Gasteiger partial charge on any atom is 0.144 e. The molecule has 1 heteroatoms. The molecule has 2 aliphatic rings. The average Bonchev–Trinajstić information content (AvgIpc) is 2.72. The van der Waals surface area contributed by atoms with E-state index in [1.165, 1.54) is 11.1 Å². The van der Waals surface area contributed by atoms with Crippen LogP contribution >= 0.6 is 0 Å². The van der Waals surface area contributed by atoms with Gasteiger partial charge in [0, 0.05) is 16.7 Å². The normalized spacial score (nSPS) is 32.4. The van der Waals surface area contributed by atoms with Crippen LogP contribution in [0.25, 0.3) is 0 Å². The lowest BCUT2D eigenvalue weighted by molar-refractivity contribution is -0.131. The molecule has 90 valence electrons. The summed E-state index contributed by atoms with van der Waals surface area (Å²) in [7, 11) is 0. The van der Waals surface area contributed by atoms with Gasteiger partial charge >= 0.3 is 0 Å². The maximum absolute atomic E-state index is 12.6. The standard InChI is InChI=1S/C16H20O/c1-15(2)12-9-10-7-5-6-8-11(10)13(12)16(3,4)14(15)17/h5-8,12-13H,9H2,1-4H3. The van der Waals surface area contributed by atoms with Gasteiger partial charge in [-0.1, -0.05) is 52.0 Å². The van der Waals surface area contributed by atoms with Crippen LogP contribution in [0.3, 0.4) is 0 Å². The van der Waals surface area contributed by atoms with Crippen molar-refractivity contribution in [2.75, 3.05) is 0 Å². The van der Waals surface area contributed by atoms with E-state index in [1.54, 1.807) is 0 Å². The van der Waals surface area contributed by atoms with Crippen LogP contribution in [-0.2, 0) is 11.2 Å². The molecule has 2 unspecified atom stereocenters. The lowest BCUT2D eigenvalue weighted by Crippen LogP contribution is -2.31. The van der Waals surface area contributed by atoms with E-state index in [4.69, 9.17) is 0 Å². The van der Waals surface area contributed by atoms with Crippen LogP contribution in [0.4, 0.5) is 0 Å². The zero-order valence-electron chi connectivity index (χ0n) is 11.1. The van der Waals surface area contributed by atoms with Crippen LogP contribution < -0.4 is 0 Å². The summed E-state index contributed by atoms with van der Waals surface area (Å²) in [5.74, 6) is 1.35. The topological polar surface area (TPSA) is 17.1 Å². The second-order valence-corrected chi connectivity index (χ2v) is 6.76. The summed E-state index contributed by atoms with van der Waals surface area (Å²) in [6.07, 6.45) is 1.07. The zero-order chi connectivity index (χ0) is 12.4. The van der Waals surface area contributed by atoms with Gasteiger partial charge in [-0.25, -0.2) is 0 Å². The van der Waals surface area contributed by atoms with Crippen LogP contribution in [0.5, 0.6) is 0 Å². The highest BCUT2D eigenvalue weighted by atomic mass is 16.1. The lowest BCUT2D eigenvalue weighted by atomic mass is 9.77. The molecule has 1 aromatic rings. The number of Topliss-reactive ketones (excluding diaryl/α,β-unsaturated/α-hetero) is 1. The molecular formula is C16H20O. The predicted molar refractivity (Wildman–Crippen MR) is 68.9 cm³/mol. The summed E-state index contributed by atoms with van der Waals surface area (Å²) in [6.45, 7) is 8.52. The Morgan fingerprint density at radius 2 is 1.71 bits per heavy atom. The number of carbonyl (C=O) groups is 1. The molecule has 0 aromatic heterocycles. The minimum absolute atomic E-state index is 0.173. The smallest absolute Gasteiger partial charge is 0.144 e. The molecule has 0 radical (unpaired) electrons. The van der Waals surface area contributed by atoms with Crippen molar-refractivity contribution >= 4 is 5.78 Å². The highest BCUT2D eigenvalue weighted by Crippen LogP contribution is 2.62. The van der Waals surface area contributed by atoms with E-state index in [1.807, 2.05) is 0 Å². The number of benzene rings is 1. The second-order valence-electron chi connectivity index (χ2n) is 6.76. The van der Waals surface area contributed by atoms with Crippen molar-refractivity contribution in [1.29, 1.82) is 0 Å². The van der Waals surface area contributed by atoms with Gasteiger partial charge in [0.25, 0.3) is 0 Å². The fourth-order valence-electron chi connectivity index (χ4n) is 4.30. The molecule has 1 aromatic carbocycles. The predicted octanol–water partition coefficient (Wildman–Crippen LogP) is 3.58. The SMILES string of the molecule is CC1(C)C(=O)C(C)(C)C2c3ccccc3CC21. The maximum atomic E-state index is 12.6. The Labute approximate surface area is 103 Å². The van der Waals surface area contributed by atoms with Crippen molar-refractivity contribution < 1.29 is 4.79 Å². The summed E-state index contributed by atoms with van der Waals surface area (Å²) < 4.78 is 0. The van der Waals surface area contributed by atoms with Gasteiger partial charge in [-0.05, 0) is 23.5 Å². The second kappa shape index (κ2) is 3.01. The molecule has 1 saturated carbocycles. The highest BCUT2D eigenvalue weighted by Gasteiger charge is 2.61. The molecule has 2 atom stereocenters. The van der Waals surface area contributed by atoms with Gasteiger partial charge in [0.2, 0.25) is 0 Å². The van der Waals surface area contributed by atoms with Gasteiger partial charge in [0.15, 0.2) is 0 Å². The minimum atomic E-state index is -0.208. The average molecular weight is 228 g/mol. The van der Waals surface area contributed by atoms with Gasteiger partial charge in [-0.3, -0.25) is 4.79 Å². The molecule has 3 rings (SSSR count). The van der Waals surface area contributed by atoms with E-state index in [0.717, 1.165) is 6.42 Å². The Balaban J connectivity index is 2.20. The number of rotatable bonds is 0.